The summed E-state index contributed by atoms with van der Waals surface area (Å²) < 4.78 is 2.09. The van der Waals surface area contributed by atoms with Crippen molar-refractivity contribution in [2.24, 2.45) is 0 Å². The molecule has 0 aliphatic heterocycles. The first-order chi connectivity index (χ1) is 9.72. The van der Waals surface area contributed by atoms with E-state index in [1.165, 1.54) is 0 Å². The third-order valence-corrected chi connectivity index (χ3v) is 4.68. The Hall–Kier alpha value is -1.17. The van der Waals surface area contributed by atoms with Crippen molar-refractivity contribution in [3.8, 4) is 11.3 Å². The second-order valence-electron chi connectivity index (χ2n) is 4.15. The summed E-state index contributed by atoms with van der Waals surface area (Å²) in [6.45, 7) is 0. The number of nitrogens with zero attached hydrogens (tertiary/aromatic N) is 1. The van der Waals surface area contributed by atoms with E-state index in [0.29, 0.717) is 0 Å². The fraction of sp³-hybridized carbons (Fsp3) is 0. The average molecular weight is 410 g/mol. The Kier molecular flexibility index (Phi) is 4.19. The zero-order valence-electron chi connectivity index (χ0n) is 10.3. The molecule has 1 heterocycles. The topological polar surface area (TPSA) is 24.9 Å². The fourth-order valence-electron chi connectivity index (χ4n) is 1.79. The highest BCUT2D eigenvalue weighted by Crippen LogP contribution is 2.30. The molecule has 0 aliphatic rings. The largest absolute Gasteiger partial charge is 0.331 e. The van der Waals surface area contributed by atoms with Crippen LogP contribution in [0.25, 0.3) is 11.3 Å². The number of rotatable bonds is 3. The summed E-state index contributed by atoms with van der Waals surface area (Å²) in [4.78, 5) is 4.62. The van der Waals surface area contributed by atoms with E-state index in [0.717, 1.165) is 31.0 Å². The predicted molar refractivity (Wildman–Crippen MR) is 92.7 cm³/mol. The van der Waals surface area contributed by atoms with E-state index in [4.69, 9.17) is 0 Å². The predicted octanol–water partition coefficient (Wildman–Crippen LogP) is 6.08. The normalized spacial score (nSPS) is 10.5. The van der Waals surface area contributed by atoms with Gasteiger partial charge in [0.1, 0.15) is 0 Å². The van der Waals surface area contributed by atoms with Gasteiger partial charge in [0.05, 0.1) is 11.4 Å². The van der Waals surface area contributed by atoms with E-state index in [2.05, 4.69) is 59.7 Å². The lowest BCUT2D eigenvalue weighted by Gasteiger charge is -2.04. The van der Waals surface area contributed by atoms with E-state index in [1.54, 1.807) is 11.3 Å². The number of hydrogen-bond donors (Lipinski definition) is 1. The third kappa shape index (κ3) is 3.11. The van der Waals surface area contributed by atoms with Gasteiger partial charge in [-0.15, -0.1) is 11.3 Å². The lowest BCUT2D eigenvalue weighted by molar-refractivity contribution is 1.38. The molecule has 5 heteroatoms. The van der Waals surface area contributed by atoms with Crippen LogP contribution in [0, 0.1) is 0 Å². The second-order valence-corrected chi connectivity index (χ2v) is 6.78. The van der Waals surface area contributed by atoms with Crippen LogP contribution < -0.4 is 5.32 Å². The molecule has 0 aliphatic carbocycles. The molecule has 1 aromatic heterocycles. The zero-order valence-corrected chi connectivity index (χ0v) is 14.3. The highest BCUT2D eigenvalue weighted by molar-refractivity contribution is 9.10. The Morgan fingerprint density at radius 1 is 1.00 bits per heavy atom. The van der Waals surface area contributed by atoms with Gasteiger partial charge in [-0.3, -0.25) is 0 Å². The molecule has 20 heavy (non-hydrogen) atoms. The summed E-state index contributed by atoms with van der Waals surface area (Å²) in [5.74, 6) is 0. The average Bonchev–Trinajstić information content (AvgIpc) is 2.90. The van der Waals surface area contributed by atoms with Crippen LogP contribution >= 0.6 is 43.2 Å². The molecule has 0 radical (unpaired) electrons. The van der Waals surface area contributed by atoms with Crippen molar-refractivity contribution >= 4 is 54.0 Å². The highest BCUT2D eigenvalue weighted by Gasteiger charge is 2.06. The number of para-hydroxylation sites is 1. The van der Waals surface area contributed by atoms with Crippen molar-refractivity contribution in [2.75, 3.05) is 5.32 Å². The summed E-state index contributed by atoms with van der Waals surface area (Å²) in [7, 11) is 0. The minimum Gasteiger partial charge on any atom is -0.331 e. The number of aromatic nitrogens is 1. The lowest BCUT2D eigenvalue weighted by atomic mass is 10.2. The summed E-state index contributed by atoms with van der Waals surface area (Å²) in [6.07, 6.45) is 0. The lowest BCUT2D eigenvalue weighted by Crippen LogP contribution is -1.90. The molecule has 0 fully saturated rings. The summed E-state index contributed by atoms with van der Waals surface area (Å²) in [5, 5.41) is 6.26. The monoisotopic (exact) mass is 408 g/mol. The SMILES string of the molecule is Brc1cccc(-c2csc(Nc3ccccc3Br)n2)c1. The van der Waals surface area contributed by atoms with E-state index >= 15 is 0 Å². The molecule has 3 aromatic rings. The van der Waals surface area contributed by atoms with E-state index < -0.39 is 0 Å². The van der Waals surface area contributed by atoms with Crippen molar-refractivity contribution in [2.45, 2.75) is 0 Å². The first-order valence-corrected chi connectivity index (χ1v) is 8.42. The third-order valence-electron chi connectivity index (χ3n) is 2.74. The maximum absolute atomic E-state index is 4.62. The minimum atomic E-state index is 0.881. The van der Waals surface area contributed by atoms with Crippen LogP contribution in [0.3, 0.4) is 0 Å². The first-order valence-electron chi connectivity index (χ1n) is 5.95. The molecular formula is C15H10Br2N2S. The minimum absolute atomic E-state index is 0.881. The fourth-order valence-corrected chi connectivity index (χ4v) is 3.30. The van der Waals surface area contributed by atoms with E-state index in [9.17, 15) is 0 Å². The van der Waals surface area contributed by atoms with Crippen LogP contribution in [0.5, 0.6) is 0 Å². The van der Waals surface area contributed by atoms with Gasteiger partial charge < -0.3 is 5.32 Å². The van der Waals surface area contributed by atoms with Gasteiger partial charge in [0, 0.05) is 19.9 Å². The Morgan fingerprint density at radius 3 is 2.65 bits per heavy atom. The van der Waals surface area contributed by atoms with Crippen molar-refractivity contribution in [3.63, 3.8) is 0 Å². The molecule has 1 N–H and O–H groups in total. The van der Waals surface area contributed by atoms with Crippen molar-refractivity contribution in [1.29, 1.82) is 0 Å². The number of halogens is 2. The van der Waals surface area contributed by atoms with E-state index in [1.807, 2.05) is 36.4 Å². The molecule has 0 bridgehead atoms. The van der Waals surface area contributed by atoms with Gasteiger partial charge in [-0.1, -0.05) is 40.2 Å². The Balaban J connectivity index is 1.86. The summed E-state index contributed by atoms with van der Waals surface area (Å²) >= 11 is 8.60. The van der Waals surface area contributed by atoms with Crippen LogP contribution in [0.15, 0.2) is 62.9 Å². The van der Waals surface area contributed by atoms with Crippen LogP contribution in [-0.4, -0.2) is 4.98 Å². The number of thiazole rings is 1. The molecule has 0 saturated carbocycles. The van der Waals surface area contributed by atoms with Gasteiger partial charge in [0.2, 0.25) is 0 Å². The van der Waals surface area contributed by atoms with Gasteiger partial charge in [-0.2, -0.15) is 0 Å². The van der Waals surface area contributed by atoms with Gasteiger partial charge in [0.15, 0.2) is 5.13 Å². The summed E-state index contributed by atoms with van der Waals surface area (Å²) in [6, 6.07) is 16.2. The number of nitrogens with one attached hydrogen (secondary N) is 1. The standard InChI is InChI=1S/C15H10Br2N2S/c16-11-5-3-4-10(8-11)14-9-20-15(19-14)18-13-7-2-1-6-12(13)17/h1-9H,(H,18,19). The number of benzene rings is 2. The first kappa shape index (κ1) is 13.8. The summed E-state index contributed by atoms with van der Waals surface area (Å²) in [5.41, 5.74) is 3.10. The molecule has 0 amide bonds. The van der Waals surface area contributed by atoms with Crippen LogP contribution in [-0.2, 0) is 0 Å². The molecule has 0 spiro atoms. The molecule has 2 aromatic carbocycles. The molecule has 0 saturated heterocycles. The highest BCUT2D eigenvalue weighted by atomic mass is 79.9. The van der Waals surface area contributed by atoms with Gasteiger partial charge in [-0.05, 0) is 40.2 Å². The molecule has 100 valence electrons. The maximum Gasteiger partial charge on any atom is 0.187 e. The Labute approximate surface area is 138 Å². The Morgan fingerprint density at radius 2 is 1.85 bits per heavy atom. The molecule has 0 atom stereocenters. The van der Waals surface area contributed by atoms with Gasteiger partial charge >= 0.3 is 0 Å². The van der Waals surface area contributed by atoms with Crippen molar-refractivity contribution in [3.05, 3.63) is 62.9 Å². The molecule has 0 unspecified atom stereocenters. The molecule has 2 nitrogen and oxygen atoms in total. The Bertz CT molecular complexity index is 740. The molecule has 3 rings (SSSR count). The van der Waals surface area contributed by atoms with Crippen molar-refractivity contribution in [1.82, 2.24) is 4.98 Å². The van der Waals surface area contributed by atoms with E-state index in [-0.39, 0.29) is 0 Å². The van der Waals surface area contributed by atoms with Gasteiger partial charge in [0.25, 0.3) is 0 Å². The van der Waals surface area contributed by atoms with Crippen LogP contribution in [0.4, 0.5) is 10.8 Å². The molecular weight excluding hydrogens is 400 g/mol. The quantitative estimate of drug-likeness (QED) is 0.566. The second kappa shape index (κ2) is 6.08. The number of anilines is 2. The van der Waals surface area contributed by atoms with Crippen LogP contribution in [0.1, 0.15) is 0 Å². The van der Waals surface area contributed by atoms with Gasteiger partial charge in [-0.25, -0.2) is 4.98 Å². The van der Waals surface area contributed by atoms with Crippen molar-refractivity contribution < 1.29 is 0 Å². The maximum atomic E-state index is 4.62. The smallest absolute Gasteiger partial charge is 0.187 e. The number of hydrogen-bond acceptors (Lipinski definition) is 3. The van der Waals surface area contributed by atoms with Crippen LogP contribution in [0.2, 0.25) is 0 Å². The zero-order chi connectivity index (χ0) is 13.9.